The van der Waals surface area contributed by atoms with Gasteiger partial charge in [-0.15, -0.1) is 0 Å². The van der Waals surface area contributed by atoms with E-state index in [1.807, 2.05) is 0 Å². The van der Waals surface area contributed by atoms with Crippen molar-refractivity contribution in [3.8, 4) is 5.69 Å². The number of rotatable bonds is 2. The molecule has 0 aliphatic carbocycles. The van der Waals surface area contributed by atoms with Crippen molar-refractivity contribution < 1.29 is 26.0 Å². The Morgan fingerprint density at radius 2 is 1.67 bits per heavy atom. The van der Waals surface area contributed by atoms with Gasteiger partial charge in [0, 0.05) is 11.8 Å². The van der Waals surface area contributed by atoms with Gasteiger partial charge in [-0.05, 0) is 43.3 Å². The first-order chi connectivity index (χ1) is 11.1. The molecule has 3 rings (SSSR count). The Labute approximate surface area is 134 Å². The lowest BCUT2D eigenvalue weighted by molar-refractivity contribution is -0.0436. The predicted molar refractivity (Wildman–Crippen MR) is 79.0 cm³/mol. The van der Waals surface area contributed by atoms with E-state index < -0.39 is 26.1 Å². The van der Waals surface area contributed by atoms with E-state index in [0.29, 0.717) is 22.5 Å². The Morgan fingerprint density at radius 3 is 2.25 bits per heavy atom. The summed E-state index contributed by atoms with van der Waals surface area (Å²) in [6.45, 7) is 1.65. The maximum Gasteiger partial charge on any atom is 0.501 e. The zero-order chi connectivity index (χ0) is 17.7. The van der Waals surface area contributed by atoms with Gasteiger partial charge in [0.1, 0.15) is 11.6 Å². The Morgan fingerprint density at radius 1 is 1.04 bits per heavy atom. The van der Waals surface area contributed by atoms with Crippen LogP contribution in [0.3, 0.4) is 0 Å². The van der Waals surface area contributed by atoms with E-state index in [1.54, 1.807) is 6.92 Å². The minimum atomic E-state index is -5.41. The van der Waals surface area contributed by atoms with Crippen LogP contribution < -0.4 is 0 Å². The number of halogens is 4. The average Bonchev–Trinajstić information content (AvgIpc) is 2.81. The molecule has 126 valence electrons. The van der Waals surface area contributed by atoms with Crippen LogP contribution in [0.25, 0.3) is 16.7 Å². The van der Waals surface area contributed by atoms with E-state index in [2.05, 4.69) is 4.98 Å². The van der Waals surface area contributed by atoms with E-state index >= 15 is 0 Å². The molecule has 0 spiro atoms. The lowest BCUT2D eigenvalue weighted by Gasteiger charge is -2.10. The Hall–Kier alpha value is -2.42. The Balaban J connectivity index is 2.13. The SMILES string of the molecule is Cc1nc2ccc(F)cc2n1-c1ccc(S(=O)(=O)C(F)(F)F)cc1. The fourth-order valence-corrected chi connectivity index (χ4v) is 3.16. The van der Waals surface area contributed by atoms with Gasteiger partial charge < -0.3 is 0 Å². The molecule has 0 saturated carbocycles. The summed E-state index contributed by atoms with van der Waals surface area (Å²) in [5, 5.41) is 0. The van der Waals surface area contributed by atoms with Crippen molar-refractivity contribution in [1.29, 1.82) is 0 Å². The van der Waals surface area contributed by atoms with E-state index in [0.717, 1.165) is 12.1 Å². The number of sulfone groups is 1. The predicted octanol–water partition coefficient (Wildman–Crippen LogP) is 3.77. The quantitative estimate of drug-likeness (QED) is 0.656. The molecule has 0 saturated heterocycles. The number of hydrogen-bond acceptors (Lipinski definition) is 3. The summed E-state index contributed by atoms with van der Waals surface area (Å²) in [7, 11) is -5.41. The van der Waals surface area contributed by atoms with Crippen LogP contribution in [0.1, 0.15) is 5.82 Å². The Bertz CT molecular complexity index is 1020. The van der Waals surface area contributed by atoms with Crippen LogP contribution in [0, 0.1) is 12.7 Å². The largest absolute Gasteiger partial charge is 0.501 e. The molecular weight excluding hydrogens is 348 g/mol. The topological polar surface area (TPSA) is 52.0 Å². The van der Waals surface area contributed by atoms with Crippen molar-refractivity contribution in [2.45, 2.75) is 17.3 Å². The summed E-state index contributed by atoms with van der Waals surface area (Å²) in [5.41, 5.74) is -4.04. The third kappa shape index (κ3) is 2.54. The lowest BCUT2D eigenvalue weighted by Crippen LogP contribution is -2.23. The van der Waals surface area contributed by atoms with Gasteiger partial charge in [0.05, 0.1) is 15.9 Å². The van der Waals surface area contributed by atoms with Crippen molar-refractivity contribution in [1.82, 2.24) is 9.55 Å². The van der Waals surface area contributed by atoms with Crippen molar-refractivity contribution in [2.24, 2.45) is 0 Å². The molecule has 3 aromatic rings. The molecule has 0 atom stereocenters. The smallest absolute Gasteiger partial charge is 0.296 e. The number of fused-ring (bicyclic) bond motifs is 1. The van der Waals surface area contributed by atoms with Crippen LogP contribution in [-0.2, 0) is 9.84 Å². The van der Waals surface area contributed by atoms with Crippen molar-refractivity contribution in [3.63, 3.8) is 0 Å². The maximum absolute atomic E-state index is 13.4. The number of hydrogen-bond donors (Lipinski definition) is 0. The van der Waals surface area contributed by atoms with Gasteiger partial charge in [-0.3, -0.25) is 4.57 Å². The molecule has 0 radical (unpaired) electrons. The number of nitrogens with zero attached hydrogens (tertiary/aromatic N) is 2. The molecule has 24 heavy (non-hydrogen) atoms. The molecule has 0 fully saturated rings. The fraction of sp³-hybridized carbons (Fsp3) is 0.133. The highest BCUT2D eigenvalue weighted by Crippen LogP contribution is 2.31. The molecular formula is C15H10F4N2O2S. The standard InChI is InChI=1S/C15H10F4N2O2S/c1-9-20-13-7-2-10(16)8-14(13)21(9)11-3-5-12(6-4-11)24(22,23)15(17,18)19/h2-8H,1H3. The van der Waals surface area contributed by atoms with Crippen molar-refractivity contribution >= 4 is 20.9 Å². The Kier molecular flexibility index (Phi) is 3.63. The van der Waals surface area contributed by atoms with Gasteiger partial charge in [0.15, 0.2) is 0 Å². The molecule has 0 bridgehead atoms. The van der Waals surface area contributed by atoms with Crippen LogP contribution >= 0.6 is 0 Å². The van der Waals surface area contributed by atoms with E-state index in [1.165, 1.54) is 34.9 Å². The minimum absolute atomic E-state index is 0.377. The van der Waals surface area contributed by atoms with Gasteiger partial charge in [-0.25, -0.2) is 17.8 Å². The van der Waals surface area contributed by atoms with Gasteiger partial charge in [0.2, 0.25) is 0 Å². The third-order valence-electron chi connectivity index (χ3n) is 3.49. The molecule has 0 amide bonds. The summed E-state index contributed by atoms with van der Waals surface area (Å²) in [5.74, 6) is 0.00180. The second-order valence-corrected chi connectivity index (χ2v) is 7.01. The van der Waals surface area contributed by atoms with Crippen molar-refractivity contribution in [3.05, 3.63) is 54.1 Å². The highest BCUT2D eigenvalue weighted by atomic mass is 32.2. The maximum atomic E-state index is 13.4. The normalized spacial score (nSPS) is 12.7. The number of imidazole rings is 1. The summed E-state index contributed by atoms with van der Waals surface area (Å²) < 4.78 is 75.4. The molecule has 1 aromatic heterocycles. The second kappa shape index (κ2) is 5.30. The van der Waals surface area contributed by atoms with Crippen LogP contribution in [0.5, 0.6) is 0 Å². The molecule has 4 nitrogen and oxygen atoms in total. The second-order valence-electron chi connectivity index (χ2n) is 5.07. The zero-order valence-electron chi connectivity index (χ0n) is 12.2. The van der Waals surface area contributed by atoms with Gasteiger partial charge in [-0.1, -0.05) is 0 Å². The summed E-state index contributed by atoms with van der Waals surface area (Å²) in [6, 6.07) is 8.14. The van der Waals surface area contributed by atoms with Crippen LogP contribution in [0.2, 0.25) is 0 Å². The lowest BCUT2D eigenvalue weighted by atomic mass is 10.2. The zero-order valence-corrected chi connectivity index (χ0v) is 13.0. The van der Waals surface area contributed by atoms with Gasteiger partial charge in [-0.2, -0.15) is 13.2 Å². The average molecular weight is 358 g/mol. The van der Waals surface area contributed by atoms with Crippen LogP contribution in [0.4, 0.5) is 17.6 Å². The number of benzene rings is 2. The summed E-state index contributed by atoms with van der Waals surface area (Å²) in [4.78, 5) is 3.38. The van der Waals surface area contributed by atoms with E-state index in [9.17, 15) is 26.0 Å². The molecule has 0 aliphatic heterocycles. The first kappa shape index (κ1) is 16.4. The molecule has 0 N–H and O–H groups in total. The number of aryl methyl sites for hydroxylation is 1. The molecule has 1 heterocycles. The summed E-state index contributed by atoms with van der Waals surface area (Å²) in [6.07, 6.45) is 0. The number of alkyl halides is 3. The minimum Gasteiger partial charge on any atom is -0.296 e. The monoisotopic (exact) mass is 358 g/mol. The first-order valence-electron chi connectivity index (χ1n) is 6.67. The van der Waals surface area contributed by atoms with Crippen molar-refractivity contribution in [2.75, 3.05) is 0 Å². The van der Waals surface area contributed by atoms with Gasteiger partial charge >= 0.3 is 5.51 Å². The first-order valence-corrected chi connectivity index (χ1v) is 8.16. The highest BCUT2D eigenvalue weighted by molar-refractivity contribution is 7.92. The molecule has 9 heteroatoms. The highest BCUT2D eigenvalue weighted by Gasteiger charge is 2.46. The molecule has 0 aliphatic rings. The summed E-state index contributed by atoms with van der Waals surface area (Å²) >= 11 is 0. The van der Waals surface area contributed by atoms with Crippen LogP contribution in [0.15, 0.2) is 47.4 Å². The molecule has 0 unspecified atom stereocenters. The fourth-order valence-electron chi connectivity index (χ4n) is 2.40. The van der Waals surface area contributed by atoms with E-state index in [-0.39, 0.29) is 0 Å². The van der Waals surface area contributed by atoms with Crippen LogP contribution in [-0.4, -0.2) is 23.5 Å². The van der Waals surface area contributed by atoms with Gasteiger partial charge in [0.25, 0.3) is 9.84 Å². The number of aromatic nitrogens is 2. The molecule has 2 aromatic carbocycles. The van der Waals surface area contributed by atoms with E-state index in [4.69, 9.17) is 0 Å². The third-order valence-corrected chi connectivity index (χ3v) is 5.00.